The Morgan fingerprint density at radius 2 is 1.77 bits per heavy atom. The molecule has 0 N–H and O–H groups in total. The maximum atomic E-state index is 13.4. The lowest BCUT2D eigenvalue weighted by molar-refractivity contribution is -0.132. The van der Waals surface area contributed by atoms with Crippen molar-refractivity contribution in [2.45, 2.75) is 6.42 Å². The van der Waals surface area contributed by atoms with Crippen LogP contribution in [0.4, 0.5) is 8.78 Å². The summed E-state index contributed by atoms with van der Waals surface area (Å²) in [5.74, 6) is -2.48. The minimum Gasteiger partial charge on any atom is -0.339 e. The highest BCUT2D eigenvalue weighted by Crippen LogP contribution is 2.22. The van der Waals surface area contributed by atoms with E-state index in [0.29, 0.717) is 31.9 Å². The van der Waals surface area contributed by atoms with Gasteiger partial charge in [0.25, 0.3) is 5.91 Å². The molecule has 0 aliphatic carbocycles. The fourth-order valence-electron chi connectivity index (χ4n) is 3.23. The Labute approximate surface area is 175 Å². The lowest BCUT2D eigenvalue weighted by Crippen LogP contribution is -2.51. The van der Waals surface area contributed by atoms with Gasteiger partial charge in [-0.3, -0.25) is 14.6 Å². The molecule has 1 aromatic carbocycles. The number of hydrogen-bond donors (Lipinski definition) is 0. The molecular weight excluding hydrogens is 410 g/mol. The number of thiazole rings is 1. The van der Waals surface area contributed by atoms with Gasteiger partial charge >= 0.3 is 0 Å². The largest absolute Gasteiger partial charge is 0.339 e. The third-order valence-electron chi connectivity index (χ3n) is 4.85. The molecule has 2 amide bonds. The average Bonchev–Trinajstić information content (AvgIpc) is 3.24. The fourth-order valence-corrected chi connectivity index (χ4v) is 4.03. The first-order chi connectivity index (χ1) is 14.5. The van der Waals surface area contributed by atoms with Crippen molar-refractivity contribution in [1.29, 1.82) is 0 Å². The second-order valence-electron chi connectivity index (χ2n) is 6.84. The number of carbonyl (C=O) groups is 2. The Morgan fingerprint density at radius 1 is 1.00 bits per heavy atom. The van der Waals surface area contributed by atoms with Crippen LogP contribution in [0, 0.1) is 11.6 Å². The smallest absolute Gasteiger partial charge is 0.254 e. The molecule has 0 atom stereocenters. The molecule has 3 heterocycles. The number of piperazine rings is 1. The first-order valence-electron chi connectivity index (χ1n) is 9.39. The number of amides is 2. The van der Waals surface area contributed by atoms with Crippen LogP contribution in [0.2, 0.25) is 0 Å². The second-order valence-corrected chi connectivity index (χ2v) is 7.70. The molecule has 0 saturated carbocycles. The van der Waals surface area contributed by atoms with Gasteiger partial charge in [0, 0.05) is 43.3 Å². The number of carbonyl (C=O) groups excluding carboxylic acids is 2. The summed E-state index contributed by atoms with van der Waals surface area (Å²) in [5.41, 5.74) is 1.55. The van der Waals surface area contributed by atoms with Crippen LogP contribution in [0.25, 0.3) is 10.7 Å². The first kappa shape index (κ1) is 20.1. The van der Waals surface area contributed by atoms with Crippen LogP contribution in [0.5, 0.6) is 0 Å². The van der Waals surface area contributed by atoms with Crippen LogP contribution in [-0.2, 0) is 11.2 Å². The van der Waals surface area contributed by atoms with Gasteiger partial charge in [0.15, 0.2) is 11.6 Å². The van der Waals surface area contributed by atoms with Crippen molar-refractivity contribution in [2.24, 2.45) is 0 Å². The maximum Gasteiger partial charge on any atom is 0.254 e. The average molecular weight is 428 g/mol. The highest BCUT2D eigenvalue weighted by molar-refractivity contribution is 7.13. The fraction of sp³-hybridized carbons (Fsp3) is 0.238. The predicted octanol–water partition coefficient (Wildman–Crippen LogP) is 3.01. The van der Waals surface area contributed by atoms with E-state index in [0.717, 1.165) is 22.8 Å². The molecule has 0 radical (unpaired) electrons. The minimum atomic E-state index is -1.05. The third kappa shape index (κ3) is 4.35. The number of benzene rings is 1. The van der Waals surface area contributed by atoms with E-state index in [9.17, 15) is 18.4 Å². The molecule has 1 aliphatic rings. The van der Waals surface area contributed by atoms with Gasteiger partial charge < -0.3 is 9.80 Å². The van der Waals surface area contributed by atoms with Crippen LogP contribution in [0.15, 0.2) is 48.0 Å². The van der Waals surface area contributed by atoms with Crippen LogP contribution in [0.1, 0.15) is 16.1 Å². The van der Waals surface area contributed by atoms with Crippen molar-refractivity contribution in [3.63, 3.8) is 0 Å². The highest BCUT2D eigenvalue weighted by Gasteiger charge is 2.26. The number of rotatable bonds is 4. The van der Waals surface area contributed by atoms with Gasteiger partial charge in [-0.1, -0.05) is 6.07 Å². The number of aromatic nitrogens is 2. The Hall–Kier alpha value is -3.20. The first-order valence-corrected chi connectivity index (χ1v) is 10.3. The summed E-state index contributed by atoms with van der Waals surface area (Å²) in [7, 11) is 0. The molecule has 154 valence electrons. The summed E-state index contributed by atoms with van der Waals surface area (Å²) in [6, 6.07) is 8.69. The molecule has 0 spiro atoms. The second kappa shape index (κ2) is 8.66. The van der Waals surface area contributed by atoms with Gasteiger partial charge in [-0.15, -0.1) is 11.3 Å². The SMILES string of the molecule is O=C(Cc1csc(-c2ccccn2)n1)N1CCN(C(=O)c2ccc(F)c(F)c2)CC1. The van der Waals surface area contributed by atoms with Gasteiger partial charge in [-0.05, 0) is 30.3 Å². The molecule has 9 heteroatoms. The zero-order valence-corrected chi connectivity index (χ0v) is 16.7. The topological polar surface area (TPSA) is 66.4 Å². The molecule has 3 aromatic rings. The van der Waals surface area contributed by atoms with Crippen LogP contribution < -0.4 is 0 Å². The quantitative estimate of drug-likeness (QED) is 0.641. The van der Waals surface area contributed by atoms with Gasteiger partial charge in [-0.25, -0.2) is 13.8 Å². The molecule has 2 aromatic heterocycles. The summed E-state index contributed by atoms with van der Waals surface area (Å²) in [6.07, 6.45) is 1.88. The molecule has 1 aliphatic heterocycles. The predicted molar refractivity (Wildman–Crippen MR) is 108 cm³/mol. The highest BCUT2D eigenvalue weighted by atomic mass is 32.1. The van der Waals surface area contributed by atoms with Gasteiger partial charge in [0.1, 0.15) is 5.01 Å². The van der Waals surface area contributed by atoms with Crippen molar-refractivity contribution in [1.82, 2.24) is 19.8 Å². The molecule has 4 rings (SSSR count). The monoisotopic (exact) mass is 428 g/mol. The van der Waals surface area contributed by atoms with Crippen LogP contribution >= 0.6 is 11.3 Å². The summed E-state index contributed by atoms with van der Waals surface area (Å²) in [6.45, 7) is 1.43. The Balaban J connectivity index is 1.33. The number of nitrogens with zero attached hydrogens (tertiary/aromatic N) is 4. The van der Waals surface area contributed by atoms with Crippen molar-refractivity contribution < 1.29 is 18.4 Å². The van der Waals surface area contributed by atoms with Gasteiger partial charge in [0.2, 0.25) is 5.91 Å². The van der Waals surface area contributed by atoms with E-state index < -0.39 is 11.6 Å². The van der Waals surface area contributed by atoms with E-state index in [1.54, 1.807) is 16.0 Å². The lowest BCUT2D eigenvalue weighted by Gasteiger charge is -2.34. The van der Waals surface area contributed by atoms with Crippen molar-refractivity contribution in [3.8, 4) is 10.7 Å². The Kier molecular flexibility index (Phi) is 5.80. The van der Waals surface area contributed by atoms with E-state index in [1.165, 1.54) is 17.4 Å². The molecule has 1 fully saturated rings. The van der Waals surface area contributed by atoms with E-state index in [4.69, 9.17) is 0 Å². The zero-order chi connectivity index (χ0) is 21.1. The van der Waals surface area contributed by atoms with Gasteiger partial charge in [0.05, 0.1) is 17.8 Å². The summed E-state index contributed by atoms with van der Waals surface area (Å²) in [4.78, 5) is 37.1. The van der Waals surface area contributed by atoms with Crippen LogP contribution in [0.3, 0.4) is 0 Å². The minimum absolute atomic E-state index is 0.0622. The van der Waals surface area contributed by atoms with Crippen molar-refractivity contribution in [3.05, 3.63) is 70.9 Å². The molecule has 1 saturated heterocycles. The van der Waals surface area contributed by atoms with E-state index in [1.807, 2.05) is 23.6 Å². The molecule has 0 bridgehead atoms. The number of pyridine rings is 1. The lowest BCUT2D eigenvalue weighted by atomic mass is 10.1. The number of halogens is 2. The maximum absolute atomic E-state index is 13.4. The zero-order valence-electron chi connectivity index (χ0n) is 15.9. The van der Waals surface area contributed by atoms with Crippen molar-refractivity contribution >= 4 is 23.2 Å². The van der Waals surface area contributed by atoms with E-state index in [2.05, 4.69) is 9.97 Å². The van der Waals surface area contributed by atoms with Crippen LogP contribution in [-0.4, -0.2) is 57.8 Å². The van der Waals surface area contributed by atoms with Crippen molar-refractivity contribution in [2.75, 3.05) is 26.2 Å². The molecular formula is C21H18F2N4O2S. The molecule has 30 heavy (non-hydrogen) atoms. The molecule has 6 nitrogen and oxygen atoms in total. The Bertz CT molecular complexity index is 1070. The molecule has 0 unspecified atom stereocenters. The summed E-state index contributed by atoms with van der Waals surface area (Å²) < 4.78 is 26.5. The number of hydrogen-bond acceptors (Lipinski definition) is 5. The Morgan fingerprint density at radius 3 is 2.47 bits per heavy atom. The van der Waals surface area contributed by atoms with E-state index in [-0.39, 0.29) is 23.8 Å². The summed E-state index contributed by atoms with van der Waals surface area (Å²) >= 11 is 1.44. The van der Waals surface area contributed by atoms with E-state index >= 15 is 0 Å². The van der Waals surface area contributed by atoms with Gasteiger partial charge in [-0.2, -0.15) is 0 Å². The standard InChI is InChI=1S/C21H18F2N4O2S/c22-16-5-4-14(11-17(16)23)21(29)27-9-7-26(8-10-27)19(28)12-15-13-30-20(25-15)18-3-1-2-6-24-18/h1-6,11,13H,7-10,12H2. The summed E-state index contributed by atoms with van der Waals surface area (Å²) in [5, 5.41) is 2.62. The normalized spacial score (nSPS) is 14.1. The third-order valence-corrected chi connectivity index (χ3v) is 5.77.